The van der Waals surface area contributed by atoms with E-state index in [2.05, 4.69) is 29.5 Å². The second-order valence-electron chi connectivity index (χ2n) is 5.16. The lowest BCUT2D eigenvalue weighted by Gasteiger charge is -2.22. The fourth-order valence-corrected chi connectivity index (χ4v) is 2.87. The standard InChI is InChI=1S/C13H21N3O2S.ClH/c1-8(2)6-10-13(19-9(3)15-10)16-12(17)11-7-14-4-5-18-11;/h8,11,14H,4-7H2,1-3H3,(H,16,17);1H. The SMILES string of the molecule is Cc1nc(CC(C)C)c(NC(=O)C2CNCCO2)s1.Cl. The fraction of sp³-hybridized carbons (Fsp3) is 0.692. The molecule has 0 spiro atoms. The van der Waals surface area contributed by atoms with Crippen LogP contribution in [0.1, 0.15) is 24.5 Å². The van der Waals surface area contributed by atoms with Gasteiger partial charge in [0.15, 0.2) is 0 Å². The first-order chi connectivity index (χ1) is 9.06. The van der Waals surface area contributed by atoms with Crippen LogP contribution in [-0.2, 0) is 16.0 Å². The highest BCUT2D eigenvalue weighted by Crippen LogP contribution is 2.26. The zero-order valence-corrected chi connectivity index (χ0v) is 13.7. The van der Waals surface area contributed by atoms with Gasteiger partial charge in [0.2, 0.25) is 0 Å². The van der Waals surface area contributed by atoms with Gasteiger partial charge in [0.05, 0.1) is 17.3 Å². The van der Waals surface area contributed by atoms with E-state index in [1.807, 2.05) is 6.92 Å². The van der Waals surface area contributed by atoms with E-state index in [0.29, 0.717) is 19.1 Å². The molecule has 1 aromatic rings. The van der Waals surface area contributed by atoms with E-state index in [-0.39, 0.29) is 18.3 Å². The zero-order chi connectivity index (χ0) is 13.8. The quantitative estimate of drug-likeness (QED) is 0.891. The largest absolute Gasteiger partial charge is 0.366 e. The van der Waals surface area contributed by atoms with Crippen molar-refractivity contribution in [1.82, 2.24) is 10.3 Å². The molecule has 1 amide bonds. The molecule has 5 nitrogen and oxygen atoms in total. The van der Waals surface area contributed by atoms with Crippen LogP contribution in [0, 0.1) is 12.8 Å². The number of carbonyl (C=O) groups excluding carboxylic acids is 1. The van der Waals surface area contributed by atoms with Crippen LogP contribution in [0.2, 0.25) is 0 Å². The fourth-order valence-electron chi connectivity index (χ4n) is 2.02. The Bertz CT molecular complexity index is 445. The molecule has 1 aliphatic rings. The van der Waals surface area contributed by atoms with Crippen molar-refractivity contribution in [2.45, 2.75) is 33.3 Å². The number of amides is 1. The van der Waals surface area contributed by atoms with Crippen LogP contribution in [0.25, 0.3) is 0 Å². The van der Waals surface area contributed by atoms with Crippen molar-refractivity contribution in [3.05, 3.63) is 10.7 Å². The lowest BCUT2D eigenvalue weighted by molar-refractivity contribution is -0.128. The highest BCUT2D eigenvalue weighted by Gasteiger charge is 2.23. The van der Waals surface area contributed by atoms with E-state index in [4.69, 9.17) is 4.74 Å². The molecule has 0 saturated carbocycles. The zero-order valence-electron chi connectivity index (χ0n) is 12.1. The lowest BCUT2D eigenvalue weighted by atomic mass is 10.1. The maximum atomic E-state index is 12.1. The minimum absolute atomic E-state index is 0. The molecule has 2 rings (SSSR count). The van der Waals surface area contributed by atoms with Crippen molar-refractivity contribution in [2.24, 2.45) is 5.92 Å². The Kier molecular flexibility index (Phi) is 6.88. The lowest BCUT2D eigenvalue weighted by Crippen LogP contribution is -2.45. The maximum absolute atomic E-state index is 12.1. The summed E-state index contributed by atoms with van der Waals surface area (Å²) in [4.78, 5) is 16.6. The summed E-state index contributed by atoms with van der Waals surface area (Å²) < 4.78 is 5.45. The molecule has 0 radical (unpaired) electrons. The van der Waals surface area contributed by atoms with Crippen molar-refractivity contribution in [2.75, 3.05) is 25.0 Å². The summed E-state index contributed by atoms with van der Waals surface area (Å²) in [6.07, 6.45) is 0.479. The molecule has 7 heteroatoms. The van der Waals surface area contributed by atoms with Gasteiger partial charge in [-0.2, -0.15) is 0 Å². The number of aromatic nitrogens is 1. The number of hydrogen-bond acceptors (Lipinski definition) is 5. The topological polar surface area (TPSA) is 63.2 Å². The summed E-state index contributed by atoms with van der Waals surface area (Å²) in [5.41, 5.74) is 0.981. The summed E-state index contributed by atoms with van der Waals surface area (Å²) in [7, 11) is 0. The van der Waals surface area contributed by atoms with Gasteiger partial charge in [0.1, 0.15) is 11.1 Å². The predicted molar refractivity (Wildman–Crippen MR) is 83.9 cm³/mol. The molecule has 20 heavy (non-hydrogen) atoms. The Morgan fingerprint density at radius 2 is 2.35 bits per heavy atom. The van der Waals surface area contributed by atoms with Crippen molar-refractivity contribution in [1.29, 1.82) is 0 Å². The third kappa shape index (κ3) is 4.70. The van der Waals surface area contributed by atoms with Gasteiger partial charge in [-0.15, -0.1) is 23.7 Å². The third-order valence-electron chi connectivity index (χ3n) is 2.86. The molecule has 1 unspecified atom stereocenters. The summed E-state index contributed by atoms with van der Waals surface area (Å²) in [6, 6.07) is 0. The van der Waals surface area contributed by atoms with Gasteiger partial charge in [0.25, 0.3) is 5.91 Å². The van der Waals surface area contributed by atoms with Crippen molar-refractivity contribution >= 4 is 34.7 Å². The summed E-state index contributed by atoms with van der Waals surface area (Å²) in [5, 5.41) is 7.96. The minimum atomic E-state index is -0.400. The minimum Gasteiger partial charge on any atom is -0.366 e. The molecule has 1 saturated heterocycles. The molecule has 1 fully saturated rings. The average molecular weight is 320 g/mol. The third-order valence-corrected chi connectivity index (χ3v) is 3.79. The van der Waals surface area contributed by atoms with Gasteiger partial charge in [-0.3, -0.25) is 4.79 Å². The molecule has 1 aliphatic heterocycles. The van der Waals surface area contributed by atoms with Crippen LogP contribution >= 0.6 is 23.7 Å². The molecule has 2 N–H and O–H groups in total. The van der Waals surface area contributed by atoms with Crippen LogP contribution < -0.4 is 10.6 Å². The summed E-state index contributed by atoms with van der Waals surface area (Å²) in [5.74, 6) is 0.436. The highest BCUT2D eigenvalue weighted by atomic mass is 35.5. The van der Waals surface area contributed by atoms with Crippen molar-refractivity contribution < 1.29 is 9.53 Å². The highest BCUT2D eigenvalue weighted by molar-refractivity contribution is 7.16. The number of rotatable bonds is 4. The van der Waals surface area contributed by atoms with Crippen LogP contribution in [0.5, 0.6) is 0 Å². The van der Waals surface area contributed by atoms with Gasteiger partial charge in [-0.05, 0) is 19.3 Å². The molecule has 2 heterocycles. The number of aryl methyl sites for hydroxylation is 1. The molecular weight excluding hydrogens is 298 g/mol. The molecule has 0 aliphatic carbocycles. The number of carbonyl (C=O) groups is 1. The summed E-state index contributed by atoms with van der Waals surface area (Å²) >= 11 is 1.53. The normalized spacial score (nSPS) is 18.7. The Balaban J connectivity index is 0.00000200. The monoisotopic (exact) mass is 319 g/mol. The van der Waals surface area contributed by atoms with E-state index in [1.54, 1.807) is 0 Å². The first-order valence-electron chi connectivity index (χ1n) is 6.65. The molecule has 0 aromatic carbocycles. The Morgan fingerprint density at radius 3 is 2.95 bits per heavy atom. The number of morpholine rings is 1. The number of ether oxygens (including phenoxy) is 1. The summed E-state index contributed by atoms with van der Waals surface area (Å²) in [6.45, 7) is 8.22. The molecule has 0 bridgehead atoms. The van der Waals surface area contributed by atoms with Crippen LogP contribution in [0.3, 0.4) is 0 Å². The van der Waals surface area contributed by atoms with Crippen molar-refractivity contribution in [3.8, 4) is 0 Å². The molecule has 114 valence electrons. The number of thiazole rings is 1. The van der Waals surface area contributed by atoms with Gasteiger partial charge < -0.3 is 15.4 Å². The number of anilines is 1. The maximum Gasteiger partial charge on any atom is 0.255 e. The number of halogens is 1. The van der Waals surface area contributed by atoms with Crippen LogP contribution in [-0.4, -0.2) is 36.7 Å². The smallest absolute Gasteiger partial charge is 0.255 e. The average Bonchev–Trinajstić information content (AvgIpc) is 2.69. The van der Waals surface area contributed by atoms with Gasteiger partial charge >= 0.3 is 0 Å². The van der Waals surface area contributed by atoms with Crippen molar-refractivity contribution in [3.63, 3.8) is 0 Å². The molecule has 1 atom stereocenters. The first kappa shape index (κ1) is 17.4. The van der Waals surface area contributed by atoms with Gasteiger partial charge in [-0.1, -0.05) is 13.8 Å². The number of nitrogens with zero attached hydrogens (tertiary/aromatic N) is 1. The van der Waals surface area contributed by atoms with E-state index in [1.165, 1.54) is 11.3 Å². The Morgan fingerprint density at radius 1 is 1.60 bits per heavy atom. The second-order valence-corrected chi connectivity index (χ2v) is 6.36. The number of nitrogens with one attached hydrogen (secondary N) is 2. The molecular formula is C13H22ClN3O2S. The van der Waals surface area contributed by atoms with Gasteiger partial charge in [-0.25, -0.2) is 4.98 Å². The van der Waals surface area contributed by atoms with E-state index in [9.17, 15) is 4.79 Å². The molecule has 1 aromatic heterocycles. The second kappa shape index (κ2) is 7.93. The Labute approximate surface area is 129 Å². The number of hydrogen-bond donors (Lipinski definition) is 2. The van der Waals surface area contributed by atoms with Crippen LogP contribution in [0.4, 0.5) is 5.00 Å². The predicted octanol–water partition coefficient (Wildman–Crippen LogP) is 2.00. The van der Waals surface area contributed by atoms with E-state index >= 15 is 0 Å². The van der Waals surface area contributed by atoms with E-state index in [0.717, 1.165) is 28.7 Å². The van der Waals surface area contributed by atoms with Crippen LogP contribution in [0.15, 0.2) is 0 Å². The van der Waals surface area contributed by atoms with Gasteiger partial charge in [0, 0.05) is 13.1 Å². The Hall–Kier alpha value is -0.690. The first-order valence-corrected chi connectivity index (χ1v) is 7.47. The van der Waals surface area contributed by atoms with E-state index < -0.39 is 6.10 Å².